The van der Waals surface area contributed by atoms with Gasteiger partial charge in [0, 0.05) is 5.25 Å². The minimum absolute atomic E-state index is 0.000169. The van der Waals surface area contributed by atoms with Crippen molar-refractivity contribution in [3.8, 4) is 0 Å². The number of carbonyl (C=O) groups is 9. The normalized spacial score (nSPS) is 23.0. The Labute approximate surface area is 619 Å². The first-order valence-electron chi connectivity index (χ1n) is 34.3. The van der Waals surface area contributed by atoms with Gasteiger partial charge in [0.1, 0.15) is 43.1 Å². The fraction of sp³-hybridized carbons (Fsp3) is 0.241. The van der Waals surface area contributed by atoms with Crippen molar-refractivity contribution in [3.05, 3.63) is 323 Å². The summed E-state index contributed by atoms with van der Waals surface area (Å²) in [6.45, 7) is 1.45. The van der Waals surface area contributed by atoms with Crippen molar-refractivity contribution in [2.45, 2.75) is 104 Å². The highest BCUT2D eigenvalue weighted by molar-refractivity contribution is 8.00. The number of ether oxygens (including phenoxy) is 14. The van der Waals surface area contributed by atoms with Crippen LogP contribution in [0.4, 0.5) is 0 Å². The Bertz CT molecular complexity index is 4460. The molecule has 0 bridgehead atoms. The molecule has 9 aromatic rings. The summed E-state index contributed by atoms with van der Waals surface area (Å²) in [6.07, 6.45) is -23.3. The van der Waals surface area contributed by atoms with Gasteiger partial charge in [-0.1, -0.05) is 178 Å². The molecule has 0 radical (unpaired) electrons. The van der Waals surface area contributed by atoms with Crippen molar-refractivity contribution in [1.82, 2.24) is 0 Å². The molecule has 3 aliphatic heterocycles. The molecule has 3 saturated heterocycles. The molecule has 3 heterocycles. The lowest BCUT2D eigenvalue weighted by atomic mass is 9.97. The van der Waals surface area contributed by atoms with E-state index in [9.17, 15) is 38.4 Å². The molecule has 3 aliphatic rings. The molecule has 12 rings (SSSR count). The minimum atomic E-state index is -1.97. The summed E-state index contributed by atoms with van der Waals surface area (Å²) in [6, 6.07) is 70.5. The maximum atomic E-state index is 15.1. The Balaban J connectivity index is 0.989. The second-order valence-corrected chi connectivity index (χ2v) is 26.5. The molecule has 107 heavy (non-hydrogen) atoms. The van der Waals surface area contributed by atoms with Crippen LogP contribution in [0, 0.1) is 0 Å². The van der Waals surface area contributed by atoms with Crippen molar-refractivity contribution in [1.29, 1.82) is 0 Å². The van der Waals surface area contributed by atoms with Crippen LogP contribution < -0.4 is 0 Å². The average molecular weight is 1470 g/mol. The van der Waals surface area contributed by atoms with E-state index in [0.29, 0.717) is 0 Å². The first-order valence-corrected chi connectivity index (χ1v) is 35.2. The Kier molecular flexibility index (Phi) is 25.5. The van der Waals surface area contributed by atoms with Gasteiger partial charge in [0.25, 0.3) is 0 Å². The van der Waals surface area contributed by atoms with E-state index >= 15 is 4.79 Å². The van der Waals surface area contributed by atoms with Gasteiger partial charge in [0.15, 0.2) is 55.3 Å². The summed E-state index contributed by atoms with van der Waals surface area (Å²) in [5.41, 5.74) is -0.890. The lowest BCUT2D eigenvalue weighted by Crippen LogP contribution is -2.65. The van der Waals surface area contributed by atoms with Gasteiger partial charge < -0.3 is 66.3 Å². The predicted octanol–water partition coefficient (Wildman–Crippen LogP) is 12.0. The van der Waals surface area contributed by atoms with Gasteiger partial charge in [-0.05, 0) is 109 Å². The van der Waals surface area contributed by atoms with Crippen LogP contribution in [-0.2, 0) is 66.3 Å². The number of rotatable bonds is 27. The quantitative estimate of drug-likeness (QED) is 0.0341. The van der Waals surface area contributed by atoms with Gasteiger partial charge in [0.2, 0.25) is 0 Å². The van der Waals surface area contributed by atoms with Gasteiger partial charge in [-0.3, -0.25) is 0 Å². The number of esters is 9. The van der Waals surface area contributed by atoms with Crippen LogP contribution >= 0.6 is 11.8 Å². The summed E-state index contributed by atoms with van der Waals surface area (Å²) in [5, 5.41) is -0.380. The zero-order valence-electron chi connectivity index (χ0n) is 57.6. The lowest BCUT2D eigenvalue weighted by molar-refractivity contribution is -0.314. The minimum Gasteiger partial charge on any atom is -0.459 e. The molecule has 0 N–H and O–H groups in total. The summed E-state index contributed by atoms with van der Waals surface area (Å²) < 4.78 is 91.4. The SMILES string of the molecule is CC(C)S[C@@H]1O[C@H](CO[C@@H]2O[C@H](COC(=O)c3ccccc3)[C@H](OC(=O)c3ccccc3)[C@H](OC(=O)c3ccccc3)[C@H]2OC(=O)c2ccccc2)[C@H](OC(=O)c2ccccc2)[C@H](O[C@@H]2O[C@@H](COC(=O)c3ccccc3)[C@H](OC(=O)c3ccccc3)[C@H]2OC(=O)c2ccccc2)[C@H]1OC(=O)c1ccccc1. The van der Waals surface area contributed by atoms with Crippen molar-refractivity contribution in [3.63, 3.8) is 0 Å². The molecular weight excluding hydrogens is 1400 g/mol. The van der Waals surface area contributed by atoms with Crippen LogP contribution in [0.15, 0.2) is 273 Å². The topological polar surface area (TPSA) is 283 Å². The van der Waals surface area contributed by atoms with E-state index in [1.165, 1.54) is 109 Å². The fourth-order valence-electron chi connectivity index (χ4n) is 11.9. The number of hydrogen-bond donors (Lipinski definition) is 0. The number of carbonyl (C=O) groups excluding carboxylic acids is 9. The summed E-state index contributed by atoms with van der Waals surface area (Å²) in [4.78, 5) is 131. The van der Waals surface area contributed by atoms with Crippen LogP contribution in [0.2, 0.25) is 0 Å². The Morgan fingerprint density at radius 1 is 0.271 bits per heavy atom. The smallest absolute Gasteiger partial charge is 0.338 e. The van der Waals surface area contributed by atoms with E-state index in [2.05, 4.69) is 0 Å². The fourth-order valence-corrected chi connectivity index (χ4v) is 13.0. The molecule has 0 unspecified atom stereocenters. The Morgan fingerprint density at radius 2 is 0.505 bits per heavy atom. The highest BCUT2D eigenvalue weighted by Gasteiger charge is 2.59. The van der Waals surface area contributed by atoms with Crippen molar-refractivity contribution < 1.29 is 109 Å². The van der Waals surface area contributed by atoms with Crippen molar-refractivity contribution in [2.75, 3.05) is 19.8 Å². The summed E-state index contributed by atoms with van der Waals surface area (Å²) in [5.74, 6) is -8.43. The molecular formula is C83H72O23S. The number of benzene rings is 9. The highest BCUT2D eigenvalue weighted by Crippen LogP contribution is 2.41. The third-order valence-electron chi connectivity index (χ3n) is 17.1. The molecule has 0 amide bonds. The van der Waals surface area contributed by atoms with E-state index in [1.54, 1.807) is 164 Å². The Hall–Kier alpha value is -11.6. The van der Waals surface area contributed by atoms with Crippen LogP contribution in [0.3, 0.4) is 0 Å². The second kappa shape index (κ2) is 36.4. The molecule has 23 nitrogen and oxygen atoms in total. The maximum Gasteiger partial charge on any atom is 0.338 e. The van der Waals surface area contributed by atoms with E-state index in [-0.39, 0.29) is 55.3 Å². The van der Waals surface area contributed by atoms with Crippen LogP contribution in [0.25, 0.3) is 0 Å². The Morgan fingerprint density at radius 3 is 0.813 bits per heavy atom. The van der Waals surface area contributed by atoms with Crippen molar-refractivity contribution >= 4 is 65.5 Å². The lowest BCUT2D eigenvalue weighted by Gasteiger charge is -2.47. The monoisotopic (exact) mass is 1470 g/mol. The van der Waals surface area contributed by atoms with Gasteiger partial charge in [-0.2, -0.15) is 0 Å². The number of thioether (sulfide) groups is 1. The van der Waals surface area contributed by atoms with Crippen molar-refractivity contribution in [2.24, 2.45) is 0 Å². The van der Waals surface area contributed by atoms with Gasteiger partial charge in [-0.15, -0.1) is 11.8 Å². The first-order chi connectivity index (χ1) is 52.1. The van der Waals surface area contributed by atoms with E-state index in [0.717, 1.165) is 11.8 Å². The van der Waals surface area contributed by atoms with Gasteiger partial charge in [0.05, 0.1) is 56.7 Å². The third-order valence-corrected chi connectivity index (χ3v) is 18.3. The maximum absolute atomic E-state index is 15.1. The molecule has 0 aliphatic carbocycles. The zero-order valence-corrected chi connectivity index (χ0v) is 58.4. The van der Waals surface area contributed by atoms with Crippen LogP contribution in [0.1, 0.15) is 107 Å². The predicted molar refractivity (Wildman–Crippen MR) is 383 cm³/mol. The summed E-state index contributed by atoms with van der Waals surface area (Å²) >= 11 is 1.13. The zero-order chi connectivity index (χ0) is 74.6. The van der Waals surface area contributed by atoms with E-state index in [4.69, 9.17) is 66.3 Å². The highest BCUT2D eigenvalue weighted by atomic mass is 32.2. The molecule has 3 fully saturated rings. The molecule has 0 aromatic heterocycles. The van der Waals surface area contributed by atoms with Gasteiger partial charge in [-0.25, -0.2) is 43.2 Å². The first kappa shape index (κ1) is 75.1. The van der Waals surface area contributed by atoms with E-state index in [1.807, 2.05) is 13.8 Å². The van der Waals surface area contributed by atoms with Crippen LogP contribution in [0.5, 0.6) is 0 Å². The molecule has 0 spiro atoms. The molecule has 0 saturated carbocycles. The molecule has 548 valence electrons. The second-order valence-electron chi connectivity index (χ2n) is 24.8. The molecule has 24 heteroatoms. The van der Waals surface area contributed by atoms with Gasteiger partial charge >= 0.3 is 53.7 Å². The third kappa shape index (κ3) is 19.5. The number of hydrogen-bond acceptors (Lipinski definition) is 24. The largest absolute Gasteiger partial charge is 0.459 e. The standard InChI is InChI=1S/C83H72O23S/c1-51(2)107-83-71(105-80(92)60-46-28-11-29-47-60)68(106-82-69(103-78(90)58-42-24-9-25-43-58)66(101-76(88)56-38-20-7-21-39-56)62(97-82)49-94-73(85)53-32-14-4-15-33-53)65(100-75(87)55-36-18-6-19-37-55)63(98-83)50-95-81-70(104-79(91)59-44-26-10-27-45-59)67(102-77(89)57-40-22-8-23-41-57)64(99-74(86)54-34-16-5-17-35-54)61(96-81)48-93-72(84)52-30-12-3-13-31-52/h3-47,51,61-71,81-83H,48-50H2,1-2H3/t61-,62+,63-,64+,65+,66+,67+,68+,69-,70-,71-,81-,82+,83+/m1/s1. The van der Waals surface area contributed by atoms with Crippen LogP contribution in [-0.4, -0.2) is 164 Å². The van der Waals surface area contributed by atoms with E-state index < -0.39 is 159 Å². The molecule has 9 aromatic carbocycles. The summed E-state index contributed by atoms with van der Waals surface area (Å²) in [7, 11) is 0. The molecule has 14 atom stereocenters. The average Bonchev–Trinajstić information content (AvgIpc) is 1.75.